The number of hydrogen-bond acceptors (Lipinski definition) is 6. The molecule has 1 amide bonds. The summed E-state index contributed by atoms with van der Waals surface area (Å²) in [4.78, 5) is 14.3. The highest BCUT2D eigenvalue weighted by molar-refractivity contribution is 7.89. The van der Waals surface area contributed by atoms with Gasteiger partial charge in [-0.25, -0.2) is 12.8 Å². The van der Waals surface area contributed by atoms with Gasteiger partial charge in [0.2, 0.25) is 10.0 Å². The van der Waals surface area contributed by atoms with E-state index in [4.69, 9.17) is 0 Å². The van der Waals surface area contributed by atoms with Crippen LogP contribution in [0.4, 0.5) is 4.39 Å². The first-order valence-electron chi connectivity index (χ1n) is 8.65. The Bertz CT molecular complexity index is 1150. The maximum absolute atomic E-state index is 13.7. The molecule has 0 spiro atoms. The molecule has 1 aromatic heterocycles. The lowest BCUT2D eigenvalue weighted by atomic mass is 10.1. The molecule has 28 heavy (non-hydrogen) atoms. The van der Waals surface area contributed by atoms with Crippen molar-refractivity contribution in [3.05, 3.63) is 53.3 Å². The molecule has 0 N–H and O–H groups in total. The predicted molar refractivity (Wildman–Crippen MR) is 103 cm³/mol. The minimum atomic E-state index is -3.75. The van der Waals surface area contributed by atoms with Gasteiger partial charge in [-0.3, -0.25) is 4.79 Å². The number of piperazine rings is 1. The van der Waals surface area contributed by atoms with E-state index in [9.17, 15) is 17.6 Å². The summed E-state index contributed by atoms with van der Waals surface area (Å²) in [7, 11) is -3.75. The standard InChI is InChI=1S/C18H17FN4O3S2/c1-12-5-6-13(11-14(12)19)18(24)22-7-9-23(10-8-22)28(25,26)16-4-2-3-15-17(16)21-27-20-15/h2-6,11H,7-10H2,1H3. The summed E-state index contributed by atoms with van der Waals surface area (Å²) in [6.07, 6.45) is 0. The number of carbonyl (C=O) groups excluding carboxylic acids is 1. The van der Waals surface area contributed by atoms with Crippen LogP contribution in [-0.2, 0) is 10.0 Å². The number of aromatic nitrogens is 2. The van der Waals surface area contributed by atoms with Gasteiger partial charge in [-0.05, 0) is 36.8 Å². The number of hydrogen-bond donors (Lipinski definition) is 0. The molecule has 0 radical (unpaired) electrons. The molecule has 0 bridgehead atoms. The minimum Gasteiger partial charge on any atom is -0.336 e. The van der Waals surface area contributed by atoms with Gasteiger partial charge in [0.1, 0.15) is 21.7 Å². The zero-order valence-electron chi connectivity index (χ0n) is 15.0. The van der Waals surface area contributed by atoms with Crippen molar-refractivity contribution in [2.24, 2.45) is 0 Å². The van der Waals surface area contributed by atoms with Crippen LogP contribution in [0.25, 0.3) is 11.0 Å². The second kappa shape index (κ2) is 7.19. The third kappa shape index (κ3) is 3.27. The first kappa shape index (κ1) is 18.9. The van der Waals surface area contributed by atoms with Crippen molar-refractivity contribution in [2.45, 2.75) is 11.8 Å². The fourth-order valence-electron chi connectivity index (χ4n) is 3.17. The van der Waals surface area contributed by atoms with Crippen LogP contribution in [0.5, 0.6) is 0 Å². The summed E-state index contributed by atoms with van der Waals surface area (Å²) in [5, 5.41) is 0. The fourth-order valence-corrected chi connectivity index (χ4v) is 5.34. The van der Waals surface area contributed by atoms with Gasteiger partial charge >= 0.3 is 0 Å². The quantitative estimate of drug-likeness (QED) is 0.649. The molecular formula is C18H17FN4O3S2. The van der Waals surface area contributed by atoms with Crippen LogP contribution in [0.15, 0.2) is 41.3 Å². The van der Waals surface area contributed by atoms with Gasteiger partial charge in [-0.15, -0.1) is 0 Å². The van der Waals surface area contributed by atoms with Crippen molar-refractivity contribution in [2.75, 3.05) is 26.2 Å². The number of benzene rings is 2. The average molecular weight is 420 g/mol. The van der Waals surface area contributed by atoms with Crippen molar-refractivity contribution >= 4 is 38.7 Å². The Labute approximate surface area is 165 Å². The number of amides is 1. The molecule has 3 aromatic rings. The highest BCUT2D eigenvalue weighted by Gasteiger charge is 2.32. The number of halogens is 1. The molecule has 1 aliphatic heterocycles. The van der Waals surface area contributed by atoms with Crippen LogP contribution in [0.1, 0.15) is 15.9 Å². The van der Waals surface area contributed by atoms with Crippen LogP contribution < -0.4 is 0 Å². The Morgan fingerprint density at radius 3 is 2.57 bits per heavy atom. The third-order valence-corrected chi connectivity index (χ3v) is 7.28. The highest BCUT2D eigenvalue weighted by Crippen LogP contribution is 2.25. The van der Waals surface area contributed by atoms with Gasteiger partial charge < -0.3 is 4.90 Å². The molecule has 4 rings (SSSR count). The number of carbonyl (C=O) groups is 1. The van der Waals surface area contributed by atoms with Gasteiger partial charge in [0.25, 0.3) is 5.91 Å². The smallest absolute Gasteiger partial charge is 0.254 e. The van der Waals surface area contributed by atoms with Gasteiger partial charge in [0.05, 0.1) is 11.7 Å². The minimum absolute atomic E-state index is 0.124. The van der Waals surface area contributed by atoms with Crippen LogP contribution in [-0.4, -0.2) is 58.5 Å². The van der Waals surface area contributed by atoms with E-state index < -0.39 is 15.8 Å². The first-order chi connectivity index (χ1) is 13.4. The molecule has 1 aliphatic rings. The number of nitrogens with zero attached hydrogens (tertiary/aromatic N) is 4. The molecule has 10 heteroatoms. The van der Waals surface area contributed by atoms with E-state index in [0.29, 0.717) is 16.6 Å². The fraction of sp³-hybridized carbons (Fsp3) is 0.278. The van der Waals surface area contributed by atoms with Crippen LogP contribution in [0, 0.1) is 12.7 Å². The zero-order valence-corrected chi connectivity index (χ0v) is 16.6. The molecule has 7 nitrogen and oxygen atoms in total. The summed E-state index contributed by atoms with van der Waals surface area (Å²) in [5.74, 6) is -0.737. The molecule has 0 aliphatic carbocycles. The van der Waals surface area contributed by atoms with Gasteiger partial charge in [0.15, 0.2) is 0 Å². The van der Waals surface area contributed by atoms with E-state index in [2.05, 4.69) is 8.75 Å². The van der Waals surface area contributed by atoms with E-state index in [-0.39, 0.29) is 42.5 Å². The summed E-state index contributed by atoms with van der Waals surface area (Å²) in [5.41, 5.74) is 1.64. The lowest BCUT2D eigenvalue weighted by Crippen LogP contribution is -2.50. The molecule has 0 unspecified atom stereocenters. The second-order valence-electron chi connectivity index (χ2n) is 6.55. The van der Waals surface area contributed by atoms with Gasteiger partial charge in [-0.2, -0.15) is 13.1 Å². The van der Waals surface area contributed by atoms with Gasteiger partial charge in [0, 0.05) is 31.7 Å². The number of sulfonamides is 1. The topological polar surface area (TPSA) is 83.5 Å². The van der Waals surface area contributed by atoms with E-state index >= 15 is 0 Å². The Morgan fingerprint density at radius 2 is 1.86 bits per heavy atom. The molecular weight excluding hydrogens is 403 g/mol. The van der Waals surface area contributed by atoms with E-state index in [1.165, 1.54) is 16.4 Å². The summed E-state index contributed by atoms with van der Waals surface area (Å²) in [6, 6.07) is 9.24. The second-order valence-corrected chi connectivity index (χ2v) is 8.98. The highest BCUT2D eigenvalue weighted by atomic mass is 32.2. The summed E-state index contributed by atoms with van der Waals surface area (Å²) >= 11 is 0.967. The van der Waals surface area contributed by atoms with Crippen molar-refractivity contribution in [3.63, 3.8) is 0 Å². The summed E-state index contributed by atoms with van der Waals surface area (Å²) < 4.78 is 49.4. The van der Waals surface area contributed by atoms with E-state index in [1.807, 2.05) is 0 Å². The number of aryl methyl sites for hydroxylation is 1. The van der Waals surface area contributed by atoms with E-state index in [0.717, 1.165) is 11.7 Å². The molecule has 1 fully saturated rings. The molecule has 2 aromatic carbocycles. The zero-order chi connectivity index (χ0) is 19.9. The SMILES string of the molecule is Cc1ccc(C(=O)N2CCN(S(=O)(=O)c3cccc4nsnc34)CC2)cc1F. The lowest BCUT2D eigenvalue weighted by Gasteiger charge is -2.34. The summed E-state index contributed by atoms with van der Waals surface area (Å²) in [6.45, 7) is 2.43. The Kier molecular flexibility index (Phi) is 4.86. The average Bonchev–Trinajstić information content (AvgIpc) is 3.18. The predicted octanol–water partition coefficient (Wildman–Crippen LogP) is 2.29. The van der Waals surface area contributed by atoms with Crippen LogP contribution >= 0.6 is 11.7 Å². The van der Waals surface area contributed by atoms with Gasteiger partial charge in [-0.1, -0.05) is 12.1 Å². The Hall–Kier alpha value is -2.43. The molecule has 146 valence electrons. The largest absolute Gasteiger partial charge is 0.336 e. The van der Waals surface area contributed by atoms with Crippen molar-refractivity contribution in [1.29, 1.82) is 0 Å². The number of fused-ring (bicyclic) bond motifs is 1. The van der Waals surface area contributed by atoms with Crippen LogP contribution in [0.3, 0.4) is 0 Å². The van der Waals surface area contributed by atoms with Crippen molar-refractivity contribution in [1.82, 2.24) is 18.0 Å². The molecule has 1 saturated heterocycles. The normalized spacial score (nSPS) is 15.9. The maximum atomic E-state index is 13.7. The van der Waals surface area contributed by atoms with E-state index in [1.54, 1.807) is 36.1 Å². The first-order valence-corrected chi connectivity index (χ1v) is 10.8. The van der Waals surface area contributed by atoms with Crippen LogP contribution in [0.2, 0.25) is 0 Å². The molecule has 0 atom stereocenters. The maximum Gasteiger partial charge on any atom is 0.254 e. The Morgan fingerprint density at radius 1 is 1.11 bits per heavy atom. The molecule has 0 saturated carbocycles. The lowest BCUT2D eigenvalue weighted by molar-refractivity contribution is 0.0697. The third-order valence-electron chi connectivity index (χ3n) is 4.81. The number of rotatable bonds is 3. The molecule has 2 heterocycles. The van der Waals surface area contributed by atoms with Crippen molar-refractivity contribution < 1.29 is 17.6 Å². The monoisotopic (exact) mass is 420 g/mol. The Balaban J connectivity index is 1.51. The van der Waals surface area contributed by atoms with Crippen molar-refractivity contribution in [3.8, 4) is 0 Å².